The molecule has 0 unspecified atom stereocenters. The van der Waals surface area contributed by atoms with Crippen LogP contribution in [-0.4, -0.2) is 128 Å². The van der Waals surface area contributed by atoms with Gasteiger partial charge in [0, 0.05) is 83.0 Å². The lowest BCUT2D eigenvalue weighted by molar-refractivity contribution is -0.189. The molecule has 0 saturated carbocycles. The zero-order valence-electron chi connectivity index (χ0n) is 34.7. The minimum absolute atomic E-state index is 0.0430. The Morgan fingerprint density at radius 3 is 2.33 bits per heavy atom. The van der Waals surface area contributed by atoms with Crippen molar-refractivity contribution in [2.24, 2.45) is 7.05 Å². The van der Waals surface area contributed by atoms with Crippen LogP contribution in [0.3, 0.4) is 0 Å². The van der Waals surface area contributed by atoms with E-state index in [0.29, 0.717) is 18.7 Å². The van der Waals surface area contributed by atoms with Crippen molar-refractivity contribution >= 4 is 34.7 Å². The average Bonchev–Trinajstić information content (AvgIpc) is 3.62. The van der Waals surface area contributed by atoms with E-state index in [2.05, 4.69) is 22.9 Å². The van der Waals surface area contributed by atoms with Gasteiger partial charge in [-0.2, -0.15) is 0 Å². The number of para-hydroxylation sites is 2. The predicted molar refractivity (Wildman–Crippen MR) is 231 cm³/mol. The quantitative estimate of drug-likeness (QED) is 0.175. The van der Waals surface area contributed by atoms with Gasteiger partial charge in [-0.3, -0.25) is 19.3 Å². The van der Waals surface area contributed by atoms with Crippen molar-refractivity contribution in [1.82, 2.24) is 39.5 Å². The molecule has 4 aromatic carbocycles. The van der Waals surface area contributed by atoms with E-state index >= 15 is 0 Å². The number of aromatic hydroxyl groups is 1. The smallest absolute Gasteiger partial charge is 0.334 e. The van der Waals surface area contributed by atoms with Crippen molar-refractivity contribution in [3.8, 4) is 11.5 Å². The van der Waals surface area contributed by atoms with Crippen LogP contribution >= 0.6 is 0 Å². The zero-order valence-corrected chi connectivity index (χ0v) is 34.7. The average molecular weight is 825 g/mol. The third kappa shape index (κ3) is 8.54. The minimum Gasteiger partial charge on any atom is -0.508 e. The molecule has 3 fully saturated rings. The molecule has 0 radical (unpaired) electrons. The molecule has 0 bridgehead atoms. The molecule has 1 aromatic heterocycles. The van der Waals surface area contributed by atoms with Gasteiger partial charge in [-0.15, -0.1) is 6.58 Å². The highest BCUT2D eigenvalue weighted by molar-refractivity contribution is 6.07. The van der Waals surface area contributed by atoms with E-state index < -0.39 is 18.2 Å². The molecule has 61 heavy (non-hydrogen) atoms. The number of hydrazine groups is 1. The van der Waals surface area contributed by atoms with E-state index in [1.165, 1.54) is 0 Å². The van der Waals surface area contributed by atoms with Crippen molar-refractivity contribution in [2.45, 2.75) is 38.3 Å². The van der Waals surface area contributed by atoms with Gasteiger partial charge in [0.2, 0.25) is 11.8 Å². The summed E-state index contributed by atoms with van der Waals surface area (Å²) in [6.07, 6.45) is 2.87. The van der Waals surface area contributed by atoms with Crippen LogP contribution in [0.4, 0.5) is 4.79 Å². The molecule has 5 amide bonds. The summed E-state index contributed by atoms with van der Waals surface area (Å²) in [5.41, 5.74) is 5.04. The normalized spacial score (nSPS) is 18.7. The highest BCUT2D eigenvalue weighted by Crippen LogP contribution is 2.32. The zero-order chi connectivity index (χ0) is 42.6. The minimum atomic E-state index is -0.933. The van der Waals surface area contributed by atoms with E-state index in [-0.39, 0.29) is 62.6 Å². The number of amides is 5. The van der Waals surface area contributed by atoms with Gasteiger partial charge in [-0.05, 0) is 34.9 Å². The number of phenolic OH excluding ortho intramolecular Hbond substituents is 1. The van der Waals surface area contributed by atoms with E-state index in [4.69, 9.17) is 4.74 Å². The molecule has 2 atom stereocenters. The second-order valence-corrected chi connectivity index (χ2v) is 15.9. The number of piperazine rings is 2. The number of nitrogens with zero attached hydrogens (tertiary/aromatic N) is 7. The Balaban J connectivity index is 1.07. The summed E-state index contributed by atoms with van der Waals surface area (Å²) in [5, 5.41) is 17.1. The summed E-state index contributed by atoms with van der Waals surface area (Å²) < 4.78 is 7.51. The Bertz CT molecular complexity index is 2410. The van der Waals surface area contributed by atoms with E-state index in [1.807, 2.05) is 89.4 Å². The second-order valence-electron chi connectivity index (χ2n) is 15.9. The number of fused-ring (bicyclic) bond motifs is 2. The Hall–Kier alpha value is -6.64. The van der Waals surface area contributed by atoms with Gasteiger partial charge in [-0.25, -0.2) is 14.8 Å². The number of aromatic nitrogens is 1. The van der Waals surface area contributed by atoms with Crippen LogP contribution in [0.1, 0.15) is 32.6 Å². The number of rotatable bonds is 12. The third-order valence-corrected chi connectivity index (χ3v) is 12.0. The molecule has 0 aliphatic carbocycles. The number of ether oxygens (including phenoxy) is 1. The molecule has 14 heteroatoms. The van der Waals surface area contributed by atoms with Crippen LogP contribution in [0.2, 0.25) is 0 Å². The van der Waals surface area contributed by atoms with Gasteiger partial charge in [0.25, 0.3) is 5.91 Å². The highest BCUT2D eigenvalue weighted by Gasteiger charge is 2.51. The number of urea groups is 1. The van der Waals surface area contributed by atoms with Gasteiger partial charge < -0.3 is 34.4 Å². The van der Waals surface area contributed by atoms with Gasteiger partial charge in [0.15, 0.2) is 0 Å². The monoisotopic (exact) mass is 824 g/mol. The molecule has 8 rings (SSSR count). The Morgan fingerprint density at radius 1 is 0.869 bits per heavy atom. The molecule has 316 valence electrons. The number of phenols is 1. The first kappa shape index (κ1) is 41.1. The second kappa shape index (κ2) is 17.9. The molecule has 0 spiro atoms. The first-order valence-electron chi connectivity index (χ1n) is 20.7. The summed E-state index contributed by atoms with van der Waals surface area (Å²) in [5.74, 6) is 0.372. The van der Waals surface area contributed by atoms with Crippen LogP contribution in [0.15, 0.2) is 116 Å². The fourth-order valence-corrected chi connectivity index (χ4v) is 8.96. The van der Waals surface area contributed by atoms with Gasteiger partial charge in [0.1, 0.15) is 23.7 Å². The molecule has 5 aromatic rings. The molecule has 3 aliphatic heterocycles. The van der Waals surface area contributed by atoms with Crippen molar-refractivity contribution in [2.75, 3.05) is 52.9 Å². The highest BCUT2D eigenvalue weighted by atomic mass is 16.5. The fraction of sp³-hybridized carbons (Fsp3) is 0.319. The third-order valence-electron chi connectivity index (χ3n) is 12.0. The number of benzene rings is 4. The van der Waals surface area contributed by atoms with Crippen LogP contribution in [0.25, 0.3) is 10.9 Å². The lowest BCUT2D eigenvalue weighted by Crippen LogP contribution is -2.76. The van der Waals surface area contributed by atoms with E-state index in [0.717, 1.165) is 58.5 Å². The Morgan fingerprint density at radius 2 is 1.59 bits per heavy atom. The number of hydrogen-bond acceptors (Lipinski definition) is 8. The van der Waals surface area contributed by atoms with Gasteiger partial charge >= 0.3 is 6.03 Å². The first-order chi connectivity index (χ1) is 29.6. The van der Waals surface area contributed by atoms with Crippen LogP contribution in [0.5, 0.6) is 11.5 Å². The number of methoxy groups -OCH3 is 1. The number of aryl methyl sites for hydroxylation is 1. The lowest BCUT2D eigenvalue weighted by Gasteiger charge is -2.55. The SMILES string of the molecule is C=CCN1CC(=O)N2[C@@H](Cc3ccc(O)cc3)C(=O)N(Cc3cccc4c(C(=O)N5CCN(Cc6ccccc6OC)CC5)cn(C)c34)C[C@@H]2N1C(=O)NCc1ccccc1. The Labute approximate surface area is 355 Å². The largest absolute Gasteiger partial charge is 0.508 e. The van der Waals surface area contributed by atoms with Crippen LogP contribution < -0.4 is 10.1 Å². The van der Waals surface area contributed by atoms with Crippen LogP contribution in [0, 0.1) is 0 Å². The first-order valence-corrected chi connectivity index (χ1v) is 20.7. The van der Waals surface area contributed by atoms with Gasteiger partial charge in [-0.1, -0.05) is 84.9 Å². The molecular weight excluding hydrogens is 773 g/mol. The maximum Gasteiger partial charge on any atom is 0.334 e. The van der Waals surface area contributed by atoms with Crippen molar-refractivity contribution < 1.29 is 29.0 Å². The summed E-state index contributed by atoms with van der Waals surface area (Å²) >= 11 is 0. The van der Waals surface area contributed by atoms with Crippen molar-refractivity contribution in [3.63, 3.8) is 0 Å². The summed E-state index contributed by atoms with van der Waals surface area (Å²) in [4.78, 5) is 64.8. The number of carbonyl (C=O) groups is 4. The van der Waals surface area contributed by atoms with Crippen molar-refractivity contribution in [1.29, 1.82) is 0 Å². The molecular formula is C47H52N8O6. The van der Waals surface area contributed by atoms with Crippen LogP contribution in [-0.2, 0) is 42.7 Å². The van der Waals surface area contributed by atoms with Gasteiger partial charge in [0.05, 0.1) is 31.3 Å². The maximum atomic E-state index is 14.8. The summed E-state index contributed by atoms with van der Waals surface area (Å²) in [6, 6.07) is 28.7. The summed E-state index contributed by atoms with van der Waals surface area (Å²) in [6.45, 7) is 7.89. The fourth-order valence-electron chi connectivity index (χ4n) is 8.96. The molecule has 4 heterocycles. The van der Waals surface area contributed by atoms with E-state index in [9.17, 15) is 24.3 Å². The number of carbonyl (C=O) groups excluding carboxylic acids is 4. The maximum absolute atomic E-state index is 14.8. The molecule has 2 N–H and O–H groups in total. The number of nitrogens with one attached hydrogen (secondary N) is 1. The molecule has 3 aliphatic rings. The van der Waals surface area contributed by atoms with E-state index in [1.54, 1.807) is 57.3 Å². The lowest BCUT2D eigenvalue weighted by atomic mass is 9.98. The summed E-state index contributed by atoms with van der Waals surface area (Å²) in [7, 11) is 3.59. The van der Waals surface area contributed by atoms with Crippen molar-refractivity contribution in [3.05, 3.63) is 144 Å². The standard InChI is InChI=1S/C47H52N8O6/c1-4-21-53-32-43(57)54-40(26-33-17-19-37(56)20-18-33)46(59)52(31-42(54)55(53)47(60)48-27-34-11-6-5-7-12-34)29-36-14-10-15-38-39(30-49(2)44(36)38)45(58)51-24-22-50(23-25-51)28-35-13-8-9-16-41(35)61-3/h4-20,30,40,42,56H,1,21-29,31-32H2,2-3H3,(H,48,60)/t40-,42-/m0/s1. The molecule has 3 saturated heterocycles. The predicted octanol–water partition coefficient (Wildman–Crippen LogP) is 4.59. The number of hydrogen-bond donors (Lipinski definition) is 2. The Kier molecular flexibility index (Phi) is 12.1. The molecule has 14 nitrogen and oxygen atoms in total. The topological polar surface area (TPSA) is 134 Å².